The molecule has 0 aliphatic carbocycles. The molecule has 0 spiro atoms. The third kappa shape index (κ3) is 5.57. The molecular formula is C14H19ClF2N2O3. The summed E-state index contributed by atoms with van der Waals surface area (Å²) < 4.78 is 26.8. The molecule has 22 heavy (non-hydrogen) atoms. The average molecular weight is 337 g/mol. The molecule has 0 saturated heterocycles. The van der Waals surface area contributed by atoms with E-state index < -0.39 is 41.3 Å². The van der Waals surface area contributed by atoms with Gasteiger partial charge in [-0.3, -0.25) is 14.9 Å². The van der Waals surface area contributed by atoms with Crippen LogP contribution in [0.1, 0.15) is 26.7 Å². The second kappa shape index (κ2) is 9.32. The number of amides is 1. The predicted molar refractivity (Wildman–Crippen MR) is 81.2 cm³/mol. The van der Waals surface area contributed by atoms with Crippen molar-refractivity contribution in [2.24, 2.45) is 0 Å². The smallest absolute Gasteiger partial charge is 0.320 e. The van der Waals surface area contributed by atoms with Crippen molar-refractivity contribution >= 4 is 30.0 Å². The van der Waals surface area contributed by atoms with Crippen molar-refractivity contribution in [1.29, 1.82) is 0 Å². The Bertz CT molecular complexity index is 509. The molecule has 2 atom stereocenters. The average Bonchev–Trinajstić information content (AvgIpc) is 2.42. The molecule has 0 saturated carbocycles. The van der Waals surface area contributed by atoms with E-state index >= 15 is 0 Å². The number of para-hydroxylation sites is 1. The number of carbonyl (C=O) groups excluding carboxylic acids is 1. The van der Waals surface area contributed by atoms with E-state index in [-0.39, 0.29) is 12.4 Å². The molecule has 0 bridgehead atoms. The van der Waals surface area contributed by atoms with Gasteiger partial charge in [-0.15, -0.1) is 12.4 Å². The Hall–Kier alpha value is -1.73. The summed E-state index contributed by atoms with van der Waals surface area (Å²) in [4.78, 5) is 22.9. The lowest BCUT2D eigenvalue weighted by Crippen LogP contribution is -2.47. The van der Waals surface area contributed by atoms with Crippen molar-refractivity contribution in [3.8, 4) is 0 Å². The molecule has 0 aliphatic heterocycles. The van der Waals surface area contributed by atoms with Crippen LogP contribution in [0.2, 0.25) is 0 Å². The molecular weight excluding hydrogens is 318 g/mol. The first kappa shape index (κ1) is 20.3. The summed E-state index contributed by atoms with van der Waals surface area (Å²) in [6, 6.07) is 1.43. The van der Waals surface area contributed by atoms with Crippen molar-refractivity contribution < 1.29 is 23.5 Å². The fourth-order valence-electron chi connectivity index (χ4n) is 1.79. The molecule has 2 unspecified atom stereocenters. The highest BCUT2D eigenvalue weighted by molar-refractivity contribution is 5.95. The zero-order valence-corrected chi connectivity index (χ0v) is 13.0. The van der Waals surface area contributed by atoms with Gasteiger partial charge in [-0.2, -0.15) is 0 Å². The van der Waals surface area contributed by atoms with Crippen LogP contribution >= 0.6 is 12.4 Å². The maximum Gasteiger partial charge on any atom is 0.320 e. The topological polar surface area (TPSA) is 78.4 Å². The van der Waals surface area contributed by atoms with Gasteiger partial charge in [0.2, 0.25) is 5.91 Å². The van der Waals surface area contributed by atoms with Gasteiger partial charge in [0.05, 0.1) is 6.04 Å². The van der Waals surface area contributed by atoms with E-state index in [1.165, 1.54) is 13.0 Å². The second-order valence-corrected chi connectivity index (χ2v) is 4.65. The molecule has 124 valence electrons. The van der Waals surface area contributed by atoms with E-state index in [0.29, 0.717) is 12.8 Å². The van der Waals surface area contributed by atoms with E-state index in [4.69, 9.17) is 5.11 Å². The maximum atomic E-state index is 13.4. The lowest BCUT2D eigenvalue weighted by molar-refractivity contribution is -0.140. The number of halogens is 3. The normalized spacial score (nSPS) is 12.9. The van der Waals surface area contributed by atoms with Crippen molar-refractivity contribution in [2.75, 3.05) is 5.32 Å². The number of hydrogen-bond acceptors (Lipinski definition) is 3. The van der Waals surface area contributed by atoms with E-state index in [1.54, 1.807) is 0 Å². The van der Waals surface area contributed by atoms with E-state index in [0.717, 1.165) is 12.1 Å². The highest BCUT2D eigenvalue weighted by Crippen LogP contribution is 2.18. The van der Waals surface area contributed by atoms with Crippen LogP contribution in [0.3, 0.4) is 0 Å². The van der Waals surface area contributed by atoms with Crippen LogP contribution < -0.4 is 10.6 Å². The zero-order valence-electron chi connectivity index (χ0n) is 12.2. The fraction of sp³-hybridized carbons (Fsp3) is 0.429. The van der Waals surface area contributed by atoms with Gasteiger partial charge in [-0.25, -0.2) is 8.78 Å². The van der Waals surface area contributed by atoms with Crippen LogP contribution in [0, 0.1) is 11.6 Å². The zero-order chi connectivity index (χ0) is 16.0. The number of aliphatic carboxylic acids is 1. The van der Waals surface area contributed by atoms with Gasteiger partial charge in [-0.1, -0.05) is 19.4 Å². The van der Waals surface area contributed by atoms with Gasteiger partial charge in [-0.05, 0) is 25.5 Å². The van der Waals surface area contributed by atoms with Gasteiger partial charge in [0.25, 0.3) is 0 Å². The van der Waals surface area contributed by atoms with Gasteiger partial charge in [0, 0.05) is 0 Å². The Morgan fingerprint density at radius 3 is 2.27 bits per heavy atom. The van der Waals surface area contributed by atoms with Crippen molar-refractivity contribution in [3.05, 3.63) is 29.8 Å². The minimum atomic E-state index is -1.08. The summed E-state index contributed by atoms with van der Waals surface area (Å²) >= 11 is 0. The minimum absolute atomic E-state index is 0. The third-order valence-electron chi connectivity index (χ3n) is 2.93. The van der Waals surface area contributed by atoms with Crippen molar-refractivity contribution in [3.63, 3.8) is 0 Å². The Balaban J connectivity index is 0.00000441. The lowest BCUT2D eigenvalue weighted by atomic mass is 10.1. The van der Waals surface area contributed by atoms with Gasteiger partial charge in [0.15, 0.2) is 0 Å². The number of nitrogens with one attached hydrogen (secondary N) is 2. The largest absolute Gasteiger partial charge is 0.480 e. The summed E-state index contributed by atoms with van der Waals surface area (Å²) in [5, 5.41) is 13.7. The summed E-state index contributed by atoms with van der Waals surface area (Å²) in [6.07, 6.45) is 0.973. The first-order chi connectivity index (χ1) is 9.86. The lowest BCUT2D eigenvalue weighted by Gasteiger charge is -2.19. The van der Waals surface area contributed by atoms with E-state index in [1.807, 2.05) is 6.92 Å². The summed E-state index contributed by atoms with van der Waals surface area (Å²) in [7, 11) is 0. The van der Waals surface area contributed by atoms with Crippen molar-refractivity contribution in [1.82, 2.24) is 5.32 Å². The van der Waals surface area contributed by atoms with Crippen LogP contribution in [0.4, 0.5) is 14.5 Å². The number of hydrogen-bond donors (Lipinski definition) is 3. The van der Waals surface area contributed by atoms with E-state index in [9.17, 15) is 18.4 Å². The number of anilines is 1. The van der Waals surface area contributed by atoms with Crippen LogP contribution in [-0.2, 0) is 9.59 Å². The first-order valence-corrected chi connectivity index (χ1v) is 6.60. The molecule has 1 rings (SSSR count). The predicted octanol–water partition coefficient (Wildman–Crippen LogP) is 2.56. The summed E-state index contributed by atoms with van der Waals surface area (Å²) in [5.74, 6) is -3.56. The summed E-state index contributed by atoms with van der Waals surface area (Å²) in [6.45, 7) is 3.25. The van der Waals surface area contributed by atoms with Crippen LogP contribution in [0.25, 0.3) is 0 Å². The number of rotatable bonds is 7. The molecule has 0 radical (unpaired) electrons. The SMILES string of the molecule is CCCC(NC(C)C(=O)Nc1c(F)cccc1F)C(=O)O.Cl. The second-order valence-electron chi connectivity index (χ2n) is 4.65. The number of carbonyl (C=O) groups is 2. The fourth-order valence-corrected chi connectivity index (χ4v) is 1.79. The third-order valence-corrected chi connectivity index (χ3v) is 2.93. The van der Waals surface area contributed by atoms with Crippen LogP contribution in [0.5, 0.6) is 0 Å². The van der Waals surface area contributed by atoms with Crippen molar-refractivity contribution in [2.45, 2.75) is 38.8 Å². The Labute approximate surface area is 133 Å². The minimum Gasteiger partial charge on any atom is -0.480 e. The van der Waals surface area contributed by atoms with Gasteiger partial charge < -0.3 is 10.4 Å². The standard InChI is InChI=1S/C14H18F2N2O3.ClH/c1-3-5-11(14(20)21)17-8(2)13(19)18-12-9(15)6-4-7-10(12)16;/h4,6-8,11,17H,3,5H2,1-2H3,(H,18,19)(H,20,21);1H. The number of benzene rings is 1. The highest BCUT2D eigenvalue weighted by atomic mass is 35.5. The van der Waals surface area contributed by atoms with Crippen LogP contribution in [0.15, 0.2) is 18.2 Å². The molecule has 0 aliphatic rings. The van der Waals surface area contributed by atoms with E-state index in [2.05, 4.69) is 10.6 Å². The first-order valence-electron chi connectivity index (χ1n) is 6.60. The Kier molecular flexibility index (Phi) is 8.59. The maximum absolute atomic E-state index is 13.4. The molecule has 3 N–H and O–H groups in total. The Morgan fingerprint density at radius 2 is 1.82 bits per heavy atom. The highest BCUT2D eigenvalue weighted by Gasteiger charge is 2.23. The molecule has 0 heterocycles. The quantitative estimate of drug-likeness (QED) is 0.715. The summed E-state index contributed by atoms with van der Waals surface area (Å²) in [5.41, 5.74) is -0.543. The monoisotopic (exact) mass is 336 g/mol. The molecule has 0 aromatic heterocycles. The molecule has 8 heteroatoms. The van der Waals surface area contributed by atoms with Gasteiger partial charge in [0.1, 0.15) is 23.4 Å². The van der Waals surface area contributed by atoms with Crippen LogP contribution in [-0.4, -0.2) is 29.1 Å². The molecule has 5 nitrogen and oxygen atoms in total. The molecule has 0 fully saturated rings. The molecule has 1 aromatic carbocycles. The number of carboxylic acids is 1. The Morgan fingerprint density at radius 1 is 1.27 bits per heavy atom. The van der Waals surface area contributed by atoms with Gasteiger partial charge >= 0.3 is 5.97 Å². The number of carboxylic acid groups (broad SMARTS) is 1. The molecule has 1 aromatic rings. The molecule has 1 amide bonds.